The summed E-state index contributed by atoms with van der Waals surface area (Å²) in [6.07, 6.45) is 8.08. The van der Waals surface area contributed by atoms with Crippen LogP contribution in [0.3, 0.4) is 0 Å². The van der Waals surface area contributed by atoms with Gasteiger partial charge in [-0.1, -0.05) is 74.7 Å². The first-order valence-electron chi connectivity index (χ1n) is 13.4. The van der Waals surface area contributed by atoms with Crippen LogP contribution in [-0.4, -0.2) is 57.1 Å². The van der Waals surface area contributed by atoms with Crippen LogP contribution >= 0.6 is 24.0 Å². The van der Waals surface area contributed by atoms with Gasteiger partial charge in [0.15, 0.2) is 0 Å². The van der Waals surface area contributed by atoms with Gasteiger partial charge in [-0.05, 0) is 48.6 Å². The number of thioether (sulfide) groups is 1. The molecule has 1 saturated carbocycles. The summed E-state index contributed by atoms with van der Waals surface area (Å²) in [6.45, 7) is -0.0563. The molecule has 3 N–H and O–H groups in total. The Morgan fingerprint density at radius 1 is 1.05 bits per heavy atom. The first-order valence-corrected chi connectivity index (χ1v) is 15.0. The summed E-state index contributed by atoms with van der Waals surface area (Å²) in [5.74, 6) is 2.51. The first kappa shape index (κ1) is 28.4. The Balaban J connectivity index is 1.35. The molecule has 1 aliphatic carbocycles. The summed E-state index contributed by atoms with van der Waals surface area (Å²) in [4.78, 5) is 27.4. The SMILES string of the molecule is O=C(N[C@H](CCC1CCCCC1)C(=S)NCc1ccc(Oc2ccccc2)cc1)[C@@H]1CSCN1C(=O)CO. The predicted molar refractivity (Wildman–Crippen MR) is 155 cm³/mol. The lowest BCUT2D eigenvalue weighted by molar-refractivity contribution is -0.140. The van der Waals surface area contributed by atoms with E-state index in [0.717, 1.165) is 29.9 Å². The van der Waals surface area contributed by atoms with Gasteiger partial charge >= 0.3 is 0 Å². The van der Waals surface area contributed by atoms with Crippen molar-refractivity contribution >= 4 is 40.8 Å². The van der Waals surface area contributed by atoms with Crippen molar-refractivity contribution in [3.8, 4) is 11.5 Å². The van der Waals surface area contributed by atoms with Gasteiger partial charge in [0.25, 0.3) is 0 Å². The molecular formula is C29H37N3O4S2. The van der Waals surface area contributed by atoms with Gasteiger partial charge < -0.3 is 25.4 Å². The fraction of sp³-hybridized carbons (Fsp3) is 0.483. The second-order valence-corrected chi connectivity index (χ2v) is 11.4. The third-order valence-corrected chi connectivity index (χ3v) is 8.67. The number of para-hydroxylation sites is 1. The summed E-state index contributed by atoms with van der Waals surface area (Å²) in [5, 5.41) is 15.8. The number of aliphatic hydroxyl groups excluding tert-OH is 1. The molecule has 0 aromatic heterocycles. The number of benzene rings is 2. The van der Waals surface area contributed by atoms with Gasteiger partial charge in [0.2, 0.25) is 11.8 Å². The molecular weight excluding hydrogens is 518 g/mol. The molecule has 9 heteroatoms. The maximum absolute atomic E-state index is 13.2. The van der Waals surface area contributed by atoms with Crippen molar-refractivity contribution in [1.29, 1.82) is 0 Å². The Kier molecular flexibility index (Phi) is 10.8. The minimum Gasteiger partial charge on any atom is -0.457 e. The third kappa shape index (κ3) is 8.19. The lowest BCUT2D eigenvalue weighted by atomic mass is 9.85. The predicted octanol–water partition coefficient (Wildman–Crippen LogP) is 4.64. The molecule has 2 aromatic carbocycles. The molecule has 0 unspecified atom stereocenters. The number of nitrogens with zero attached hydrogens (tertiary/aromatic N) is 1. The minimum absolute atomic E-state index is 0.211. The molecule has 7 nitrogen and oxygen atoms in total. The highest BCUT2D eigenvalue weighted by molar-refractivity contribution is 7.99. The Labute approximate surface area is 234 Å². The Bertz CT molecular complexity index is 1060. The van der Waals surface area contributed by atoms with Crippen molar-refractivity contribution in [3.05, 3.63) is 60.2 Å². The topological polar surface area (TPSA) is 90.9 Å². The van der Waals surface area contributed by atoms with Crippen molar-refractivity contribution in [2.24, 2.45) is 5.92 Å². The average molecular weight is 556 g/mol. The first-order chi connectivity index (χ1) is 18.5. The summed E-state index contributed by atoms with van der Waals surface area (Å²) in [7, 11) is 0. The number of hydrogen-bond donors (Lipinski definition) is 3. The lowest BCUT2D eigenvalue weighted by Gasteiger charge is -2.28. The summed E-state index contributed by atoms with van der Waals surface area (Å²) >= 11 is 7.29. The van der Waals surface area contributed by atoms with E-state index >= 15 is 0 Å². The molecule has 2 aromatic rings. The Morgan fingerprint density at radius 3 is 2.47 bits per heavy atom. The van der Waals surface area contributed by atoms with Gasteiger partial charge in [0.1, 0.15) is 24.1 Å². The highest BCUT2D eigenvalue weighted by Gasteiger charge is 2.35. The molecule has 1 heterocycles. The fourth-order valence-electron chi connectivity index (χ4n) is 5.02. The number of aliphatic hydroxyl groups is 1. The van der Waals surface area contributed by atoms with Crippen LogP contribution in [0.4, 0.5) is 0 Å². The number of ether oxygens (including phenoxy) is 1. The molecule has 38 heavy (non-hydrogen) atoms. The van der Waals surface area contributed by atoms with Crippen LogP contribution in [0, 0.1) is 5.92 Å². The molecule has 1 aliphatic heterocycles. The van der Waals surface area contributed by atoms with E-state index in [1.807, 2.05) is 54.6 Å². The quantitative estimate of drug-likeness (QED) is 0.348. The van der Waals surface area contributed by atoms with Gasteiger partial charge in [-0.3, -0.25) is 9.59 Å². The fourth-order valence-corrected chi connectivity index (χ4v) is 6.45. The monoisotopic (exact) mass is 555 g/mol. The maximum atomic E-state index is 13.2. The van der Waals surface area contributed by atoms with E-state index in [1.54, 1.807) is 0 Å². The van der Waals surface area contributed by atoms with E-state index in [4.69, 9.17) is 17.0 Å². The number of nitrogens with one attached hydrogen (secondary N) is 2. The zero-order chi connectivity index (χ0) is 26.7. The number of carbonyl (C=O) groups excluding carboxylic acids is 2. The van der Waals surface area contributed by atoms with E-state index in [1.165, 1.54) is 48.8 Å². The van der Waals surface area contributed by atoms with Crippen LogP contribution in [0.5, 0.6) is 11.5 Å². The summed E-state index contributed by atoms with van der Waals surface area (Å²) < 4.78 is 5.87. The molecule has 0 bridgehead atoms. The maximum Gasteiger partial charge on any atom is 0.249 e. The van der Waals surface area contributed by atoms with E-state index in [9.17, 15) is 14.7 Å². The van der Waals surface area contributed by atoms with Crippen molar-refractivity contribution in [3.63, 3.8) is 0 Å². The van der Waals surface area contributed by atoms with Gasteiger partial charge in [0.05, 0.1) is 16.9 Å². The molecule has 2 amide bonds. The molecule has 204 valence electrons. The van der Waals surface area contributed by atoms with E-state index in [2.05, 4.69) is 10.6 Å². The highest BCUT2D eigenvalue weighted by atomic mass is 32.2. The van der Waals surface area contributed by atoms with Crippen LogP contribution < -0.4 is 15.4 Å². The van der Waals surface area contributed by atoms with Crippen LogP contribution in [0.2, 0.25) is 0 Å². The number of thiocarbonyl (C=S) groups is 1. The lowest BCUT2D eigenvalue weighted by Crippen LogP contribution is -2.53. The number of amides is 2. The number of hydrogen-bond acceptors (Lipinski definition) is 6. The average Bonchev–Trinajstić information content (AvgIpc) is 3.46. The van der Waals surface area contributed by atoms with Crippen molar-refractivity contribution in [2.75, 3.05) is 18.2 Å². The Hall–Kier alpha value is -2.62. The van der Waals surface area contributed by atoms with Gasteiger partial charge in [0, 0.05) is 12.3 Å². The molecule has 2 fully saturated rings. The molecule has 0 radical (unpaired) electrons. The molecule has 2 atom stereocenters. The van der Waals surface area contributed by atoms with Crippen molar-refractivity contribution in [2.45, 2.75) is 63.6 Å². The summed E-state index contributed by atoms with van der Waals surface area (Å²) in [6, 6.07) is 16.6. The number of carbonyl (C=O) groups is 2. The van der Waals surface area contributed by atoms with E-state index in [-0.39, 0.29) is 11.9 Å². The molecule has 0 spiro atoms. The van der Waals surface area contributed by atoms with Crippen LogP contribution in [0.15, 0.2) is 54.6 Å². The van der Waals surface area contributed by atoms with Crippen LogP contribution in [0.25, 0.3) is 0 Å². The zero-order valence-electron chi connectivity index (χ0n) is 21.6. The van der Waals surface area contributed by atoms with E-state index in [0.29, 0.717) is 29.1 Å². The van der Waals surface area contributed by atoms with Crippen LogP contribution in [-0.2, 0) is 16.1 Å². The van der Waals surface area contributed by atoms with E-state index < -0.39 is 18.6 Å². The largest absolute Gasteiger partial charge is 0.457 e. The van der Waals surface area contributed by atoms with Gasteiger partial charge in [-0.25, -0.2) is 0 Å². The summed E-state index contributed by atoms with van der Waals surface area (Å²) in [5.41, 5.74) is 1.05. The zero-order valence-corrected chi connectivity index (χ0v) is 23.3. The van der Waals surface area contributed by atoms with Gasteiger partial charge in [-0.15, -0.1) is 11.8 Å². The minimum atomic E-state index is -0.593. The Morgan fingerprint density at radius 2 is 1.76 bits per heavy atom. The second kappa shape index (κ2) is 14.5. The highest BCUT2D eigenvalue weighted by Crippen LogP contribution is 2.28. The second-order valence-electron chi connectivity index (χ2n) is 9.96. The van der Waals surface area contributed by atoms with Gasteiger partial charge in [-0.2, -0.15) is 0 Å². The normalized spacial score (nSPS) is 18.6. The standard InChI is InChI=1S/C29H37N3O4S2/c33-18-27(34)32-20-38-19-26(32)28(35)31-25(16-13-21-7-3-1-4-8-21)29(37)30-17-22-11-14-24(15-12-22)36-23-9-5-2-6-10-23/h2,5-6,9-12,14-15,21,25-26,33H,1,3-4,7-8,13,16-20H2,(H,30,37)(H,31,35)/t25-,26+/m1/s1. The molecule has 2 aliphatic rings. The van der Waals surface area contributed by atoms with Crippen molar-refractivity contribution in [1.82, 2.24) is 15.5 Å². The third-order valence-electron chi connectivity index (χ3n) is 7.23. The smallest absolute Gasteiger partial charge is 0.249 e. The molecule has 1 saturated heterocycles. The molecule has 4 rings (SSSR count). The van der Waals surface area contributed by atoms with Crippen molar-refractivity contribution < 1.29 is 19.4 Å². The van der Waals surface area contributed by atoms with Crippen LogP contribution in [0.1, 0.15) is 50.5 Å². The number of rotatable bonds is 11.